The van der Waals surface area contributed by atoms with E-state index in [1.165, 1.54) is 19.3 Å². The molecule has 2 heterocycles. The van der Waals surface area contributed by atoms with E-state index in [2.05, 4.69) is 9.98 Å². The van der Waals surface area contributed by atoms with Crippen LogP contribution in [0.25, 0.3) is 5.57 Å². The van der Waals surface area contributed by atoms with Crippen molar-refractivity contribution in [3.05, 3.63) is 45.3 Å². The van der Waals surface area contributed by atoms with Gasteiger partial charge in [-0.25, -0.2) is 4.99 Å². The Bertz CT molecular complexity index is 1140. The first-order valence-electron chi connectivity index (χ1n) is 9.81. The van der Waals surface area contributed by atoms with Crippen LogP contribution in [-0.4, -0.2) is 20.6 Å². The molecule has 4 saturated carbocycles. The van der Waals surface area contributed by atoms with Gasteiger partial charge < -0.3 is 10.1 Å². The Labute approximate surface area is 161 Å². The summed E-state index contributed by atoms with van der Waals surface area (Å²) in [6, 6.07) is 7.44. The summed E-state index contributed by atoms with van der Waals surface area (Å²) in [6.07, 6.45) is 7.24. The number of fused-ring (bicyclic) bond motifs is 1. The smallest absolute Gasteiger partial charge is 0.280 e. The molecule has 4 bridgehead atoms. The molecule has 0 radical (unpaired) electrons. The maximum absolute atomic E-state index is 12.6. The fraction of sp³-hybridized carbons (Fsp3) is 0.476. The lowest BCUT2D eigenvalue weighted by Gasteiger charge is -2.57. The number of hydrogen-bond donors (Lipinski definition) is 2. The minimum atomic E-state index is -0.319. The number of aromatic amines is 1. The standard InChI is InChI=1S/C21H21N3O2S/c25-18-16(14-3-1-2-4-15(14)22-18)17-19(26)24(20(27)23-17)21-8-11-5-12(9-21)7-13(6-11)10-21/h1-4,11-13,26H,5-10H2,(H,23,27). The molecule has 1 aromatic heterocycles. The molecule has 6 heteroatoms. The van der Waals surface area contributed by atoms with Crippen molar-refractivity contribution in [2.75, 3.05) is 0 Å². The Morgan fingerprint density at radius 3 is 2.41 bits per heavy atom. The summed E-state index contributed by atoms with van der Waals surface area (Å²) in [5.74, 6) is 2.02. The van der Waals surface area contributed by atoms with Crippen LogP contribution in [0.5, 0.6) is 5.88 Å². The quantitative estimate of drug-likeness (QED) is 0.788. The third-order valence-corrected chi connectivity index (χ3v) is 7.49. The molecule has 4 fully saturated rings. The van der Waals surface area contributed by atoms with Gasteiger partial charge in [-0.2, -0.15) is 0 Å². The fourth-order valence-corrected chi connectivity index (χ4v) is 7.07. The lowest BCUT2D eigenvalue weighted by molar-refractivity contribution is -0.112. The predicted molar refractivity (Wildman–Crippen MR) is 102 cm³/mol. The largest absolute Gasteiger partial charge is 0.493 e. The SMILES string of the molecule is O=C1N=c2ccccc2=C1c1[nH]c(=S)n(C23CC4CC(CC(C4)C2)C3)c1O. The number of aromatic hydroxyl groups is 1. The predicted octanol–water partition coefficient (Wildman–Crippen LogP) is 2.54. The summed E-state index contributed by atoms with van der Waals surface area (Å²) in [5.41, 5.74) is 0.760. The second-order valence-corrected chi connectivity index (χ2v) is 9.30. The summed E-state index contributed by atoms with van der Waals surface area (Å²) in [5, 5.41) is 12.6. The van der Waals surface area contributed by atoms with E-state index in [0.29, 0.717) is 21.4 Å². The molecule has 0 saturated heterocycles. The van der Waals surface area contributed by atoms with Gasteiger partial charge in [-0.1, -0.05) is 18.2 Å². The Balaban J connectivity index is 1.56. The Hall–Kier alpha value is -2.21. The zero-order valence-corrected chi connectivity index (χ0v) is 15.8. The van der Waals surface area contributed by atoms with Crippen molar-refractivity contribution in [2.24, 2.45) is 22.7 Å². The molecule has 0 unspecified atom stereocenters. The van der Waals surface area contributed by atoms with E-state index >= 15 is 0 Å². The highest BCUT2D eigenvalue weighted by Gasteiger charge is 2.53. The Morgan fingerprint density at radius 1 is 1.11 bits per heavy atom. The van der Waals surface area contributed by atoms with Crippen LogP contribution in [0.3, 0.4) is 0 Å². The summed E-state index contributed by atoms with van der Waals surface area (Å²) >= 11 is 5.66. The molecule has 2 N–H and O–H groups in total. The van der Waals surface area contributed by atoms with Gasteiger partial charge in [0.1, 0.15) is 5.69 Å². The van der Waals surface area contributed by atoms with Crippen molar-refractivity contribution in [2.45, 2.75) is 44.1 Å². The molecular weight excluding hydrogens is 358 g/mol. The van der Waals surface area contributed by atoms with Crippen LogP contribution in [0.2, 0.25) is 0 Å². The maximum Gasteiger partial charge on any atom is 0.280 e. The van der Waals surface area contributed by atoms with Gasteiger partial charge in [0.05, 0.1) is 16.5 Å². The van der Waals surface area contributed by atoms with E-state index in [4.69, 9.17) is 12.2 Å². The average Bonchev–Trinajstić information content (AvgIpc) is 3.08. The topological polar surface area (TPSA) is 70.4 Å². The van der Waals surface area contributed by atoms with Gasteiger partial charge in [0, 0.05) is 5.22 Å². The van der Waals surface area contributed by atoms with Crippen molar-refractivity contribution in [3.8, 4) is 5.88 Å². The number of amides is 1. The van der Waals surface area contributed by atoms with Gasteiger partial charge in [-0.3, -0.25) is 9.36 Å². The molecule has 138 valence electrons. The average molecular weight is 379 g/mol. The van der Waals surface area contributed by atoms with Crippen LogP contribution >= 0.6 is 12.2 Å². The van der Waals surface area contributed by atoms with Gasteiger partial charge in [0.2, 0.25) is 5.88 Å². The maximum atomic E-state index is 12.6. The molecule has 5 aliphatic rings. The van der Waals surface area contributed by atoms with E-state index in [1.54, 1.807) is 0 Å². The highest BCUT2D eigenvalue weighted by atomic mass is 32.1. The molecular formula is C21H21N3O2S. The van der Waals surface area contributed by atoms with E-state index in [0.717, 1.165) is 42.2 Å². The number of nitrogens with one attached hydrogen (secondary N) is 1. The Kier molecular flexibility index (Phi) is 3.04. The molecule has 1 amide bonds. The monoisotopic (exact) mass is 379 g/mol. The number of rotatable bonds is 2. The molecule has 0 atom stereocenters. The van der Waals surface area contributed by atoms with Crippen molar-refractivity contribution < 1.29 is 9.90 Å². The molecule has 1 aliphatic heterocycles. The fourth-order valence-electron chi connectivity index (χ4n) is 6.68. The lowest BCUT2D eigenvalue weighted by atomic mass is 9.53. The van der Waals surface area contributed by atoms with Crippen LogP contribution in [0.1, 0.15) is 44.2 Å². The van der Waals surface area contributed by atoms with Gasteiger partial charge >= 0.3 is 0 Å². The van der Waals surface area contributed by atoms with Crippen LogP contribution in [0, 0.1) is 22.5 Å². The summed E-state index contributed by atoms with van der Waals surface area (Å²) in [7, 11) is 0. The highest BCUT2D eigenvalue weighted by Crippen LogP contribution is 2.59. The van der Waals surface area contributed by atoms with Crippen molar-refractivity contribution in [1.82, 2.24) is 9.55 Å². The van der Waals surface area contributed by atoms with E-state index in [9.17, 15) is 9.90 Å². The number of H-pyrrole nitrogens is 1. The number of benzene rings is 1. The van der Waals surface area contributed by atoms with Gasteiger partial charge in [-0.05, 0) is 74.6 Å². The third-order valence-electron chi connectivity index (χ3n) is 7.21. The van der Waals surface area contributed by atoms with Gasteiger partial charge in [-0.15, -0.1) is 0 Å². The summed E-state index contributed by atoms with van der Waals surface area (Å²) < 4.78 is 2.47. The van der Waals surface area contributed by atoms with E-state index < -0.39 is 0 Å². The first kappa shape index (κ1) is 15.8. The minimum Gasteiger partial charge on any atom is -0.493 e. The minimum absolute atomic E-state index is 0.0937. The second-order valence-electron chi connectivity index (χ2n) is 8.92. The van der Waals surface area contributed by atoms with E-state index in [-0.39, 0.29) is 17.3 Å². The summed E-state index contributed by atoms with van der Waals surface area (Å²) in [4.78, 5) is 19.9. The molecule has 27 heavy (non-hydrogen) atoms. The number of para-hydroxylation sites is 1. The highest BCUT2D eigenvalue weighted by molar-refractivity contribution is 7.71. The Morgan fingerprint density at radius 2 is 1.74 bits per heavy atom. The zero-order valence-electron chi connectivity index (χ0n) is 14.9. The molecule has 0 spiro atoms. The van der Waals surface area contributed by atoms with Crippen LogP contribution in [0.15, 0.2) is 29.3 Å². The van der Waals surface area contributed by atoms with Crippen LogP contribution < -0.4 is 10.6 Å². The normalized spacial score (nSPS) is 33.4. The van der Waals surface area contributed by atoms with Crippen LogP contribution in [0.4, 0.5) is 0 Å². The number of aromatic nitrogens is 2. The third kappa shape index (κ3) is 2.07. The second kappa shape index (κ2) is 5.19. The van der Waals surface area contributed by atoms with E-state index in [1.807, 2.05) is 28.8 Å². The molecule has 2 aromatic rings. The number of carbonyl (C=O) groups is 1. The first-order chi connectivity index (χ1) is 13.0. The molecule has 5 nitrogen and oxygen atoms in total. The molecule has 4 aliphatic carbocycles. The van der Waals surface area contributed by atoms with Crippen molar-refractivity contribution in [1.29, 1.82) is 0 Å². The zero-order chi connectivity index (χ0) is 18.3. The number of nitrogens with zero attached hydrogens (tertiary/aromatic N) is 2. The van der Waals surface area contributed by atoms with Crippen molar-refractivity contribution in [3.63, 3.8) is 0 Å². The molecule has 1 aromatic carbocycles. The van der Waals surface area contributed by atoms with Gasteiger partial charge in [0.25, 0.3) is 5.91 Å². The number of carbonyl (C=O) groups excluding carboxylic acids is 1. The first-order valence-corrected chi connectivity index (χ1v) is 10.2. The molecule has 7 rings (SSSR count). The number of hydrogen-bond acceptors (Lipinski definition) is 3. The van der Waals surface area contributed by atoms with Gasteiger partial charge in [0.15, 0.2) is 4.77 Å². The summed E-state index contributed by atoms with van der Waals surface area (Å²) in [6.45, 7) is 0. The van der Waals surface area contributed by atoms with Crippen LogP contribution in [-0.2, 0) is 10.3 Å². The lowest BCUT2D eigenvalue weighted by Crippen LogP contribution is -2.51. The van der Waals surface area contributed by atoms with Crippen molar-refractivity contribution >= 4 is 23.7 Å². The number of imidazole rings is 1.